The summed E-state index contributed by atoms with van der Waals surface area (Å²) >= 11 is 0. The summed E-state index contributed by atoms with van der Waals surface area (Å²) in [5.41, 5.74) is 2.27. The number of hydrazine groups is 1. The van der Waals surface area contributed by atoms with Crippen LogP contribution in [0.2, 0.25) is 0 Å². The van der Waals surface area contributed by atoms with Crippen molar-refractivity contribution < 1.29 is 8.42 Å². The van der Waals surface area contributed by atoms with Gasteiger partial charge in [-0.25, -0.2) is 8.42 Å². The Kier molecular flexibility index (Phi) is 5.02. The normalized spacial score (nSPS) is 13.5. The van der Waals surface area contributed by atoms with Gasteiger partial charge in [-0.05, 0) is 20.3 Å². The third-order valence-electron chi connectivity index (χ3n) is 1.73. The lowest BCUT2D eigenvalue weighted by Crippen LogP contribution is -2.21. The van der Waals surface area contributed by atoms with Crippen LogP contribution >= 0.6 is 0 Å². The van der Waals surface area contributed by atoms with Crippen molar-refractivity contribution in [2.75, 3.05) is 0 Å². The monoisotopic (exact) mass is 206 g/mol. The van der Waals surface area contributed by atoms with Crippen LogP contribution in [-0.4, -0.2) is 13.7 Å². The Hall–Kier alpha value is -0.550. The van der Waals surface area contributed by atoms with Crippen LogP contribution in [0.1, 0.15) is 33.6 Å². The quantitative estimate of drug-likeness (QED) is 0.518. The largest absolute Gasteiger partial charge is 0.330 e. The van der Waals surface area contributed by atoms with Crippen LogP contribution < -0.4 is 11.3 Å². The number of hydrogen-bond donors (Lipinski definition) is 2. The van der Waals surface area contributed by atoms with E-state index in [1.807, 2.05) is 6.92 Å². The zero-order chi connectivity index (χ0) is 10.5. The smallest absolute Gasteiger partial charge is 0.178 e. The van der Waals surface area contributed by atoms with Crippen molar-refractivity contribution in [2.45, 2.75) is 38.9 Å². The minimum Gasteiger partial charge on any atom is -0.330 e. The van der Waals surface area contributed by atoms with Gasteiger partial charge in [0, 0.05) is 6.20 Å². The fraction of sp³-hybridized carbons (Fsp3) is 0.750. The summed E-state index contributed by atoms with van der Waals surface area (Å²) in [6.45, 7) is 5.25. The lowest BCUT2D eigenvalue weighted by Gasteiger charge is -2.10. The van der Waals surface area contributed by atoms with Gasteiger partial charge in [-0.3, -0.25) is 5.84 Å². The number of hydrogen-bond acceptors (Lipinski definition) is 4. The van der Waals surface area contributed by atoms with Gasteiger partial charge in [0.05, 0.1) is 10.2 Å². The van der Waals surface area contributed by atoms with Gasteiger partial charge in [0.1, 0.15) is 0 Å². The molecule has 0 radical (unpaired) electrons. The molecule has 0 heterocycles. The van der Waals surface area contributed by atoms with Crippen LogP contribution in [0, 0.1) is 0 Å². The van der Waals surface area contributed by atoms with E-state index in [1.54, 1.807) is 13.8 Å². The van der Waals surface area contributed by atoms with Crippen molar-refractivity contribution in [1.82, 2.24) is 5.43 Å². The van der Waals surface area contributed by atoms with Gasteiger partial charge >= 0.3 is 0 Å². The van der Waals surface area contributed by atoms with Crippen molar-refractivity contribution in [3.8, 4) is 0 Å². The molecule has 0 aliphatic rings. The van der Waals surface area contributed by atoms with Crippen LogP contribution in [0.15, 0.2) is 11.1 Å². The summed E-state index contributed by atoms with van der Waals surface area (Å²) in [5, 5.41) is -0.390. The maximum absolute atomic E-state index is 11.6. The summed E-state index contributed by atoms with van der Waals surface area (Å²) in [4.78, 5) is 0.382. The molecule has 3 N–H and O–H groups in total. The van der Waals surface area contributed by atoms with E-state index in [1.165, 1.54) is 6.20 Å². The third kappa shape index (κ3) is 3.36. The molecule has 13 heavy (non-hydrogen) atoms. The van der Waals surface area contributed by atoms with Crippen molar-refractivity contribution >= 4 is 9.84 Å². The van der Waals surface area contributed by atoms with E-state index >= 15 is 0 Å². The van der Waals surface area contributed by atoms with Gasteiger partial charge in [-0.1, -0.05) is 13.3 Å². The fourth-order valence-electron chi connectivity index (χ4n) is 0.939. The van der Waals surface area contributed by atoms with E-state index in [0.29, 0.717) is 11.3 Å². The molecular weight excluding hydrogens is 188 g/mol. The van der Waals surface area contributed by atoms with Gasteiger partial charge < -0.3 is 5.43 Å². The Morgan fingerprint density at radius 1 is 1.54 bits per heavy atom. The molecule has 0 rings (SSSR count). The molecule has 0 atom stereocenters. The average Bonchev–Trinajstić information content (AvgIpc) is 2.03. The molecule has 0 saturated heterocycles. The molecule has 0 aromatic rings. The van der Waals surface area contributed by atoms with E-state index in [2.05, 4.69) is 5.43 Å². The Bertz CT molecular complexity index is 268. The Balaban J connectivity index is 4.85. The first-order valence-corrected chi connectivity index (χ1v) is 5.90. The topological polar surface area (TPSA) is 72.2 Å². The van der Waals surface area contributed by atoms with Gasteiger partial charge in [0.2, 0.25) is 0 Å². The molecule has 0 aliphatic carbocycles. The van der Waals surface area contributed by atoms with Crippen molar-refractivity contribution in [3.05, 3.63) is 11.1 Å². The second-order valence-electron chi connectivity index (χ2n) is 3.12. The molecule has 5 heteroatoms. The standard InChI is InChI=1S/C8H18N2O2S/c1-4-5-8(6-10-9)13(11,12)7(2)3/h6-7,10H,4-5,9H2,1-3H3/b8-6+. The molecule has 0 aromatic carbocycles. The summed E-state index contributed by atoms with van der Waals surface area (Å²) in [5.74, 6) is 5.07. The summed E-state index contributed by atoms with van der Waals surface area (Å²) in [6.07, 6.45) is 2.68. The SMILES string of the molecule is CCC/C(=C\NN)S(=O)(=O)C(C)C. The third-order valence-corrected chi connectivity index (χ3v) is 4.02. The number of rotatable bonds is 5. The second kappa shape index (κ2) is 5.24. The zero-order valence-corrected chi connectivity index (χ0v) is 9.19. The minimum atomic E-state index is -3.14. The van der Waals surface area contributed by atoms with Crippen LogP contribution in [0.3, 0.4) is 0 Å². The van der Waals surface area contributed by atoms with Crippen LogP contribution in [0.5, 0.6) is 0 Å². The lowest BCUT2D eigenvalue weighted by molar-refractivity contribution is 0.590. The summed E-state index contributed by atoms with van der Waals surface area (Å²) < 4.78 is 23.3. The predicted octanol–water partition coefficient (Wildman–Crippen LogP) is 0.914. The van der Waals surface area contributed by atoms with Crippen molar-refractivity contribution in [2.24, 2.45) is 5.84 Å². The zero-order valence-electron chi connectivity index (χ0n) is 8.37. The van der Waals surface area contributed by atoms with Crippen LogP contribution in [-0.2, 0) is 9.84 Å². The lowest BCUT2D eigenvalue weighted by atomic mass is 10.3. The van der Waals surface area contributed by atoms with E-state index in [-0.39, 0.29) is 0 Å². The highest BCUT2D eigenvalue weighted by molar-refractivity contribution is 7.95. The second-order valence-corrected chi connectivity index (χ2v) is 5.68. The average molecular weight is 206 g/mol. The predicted molar refractivity (Wildman–Crippen MR) is 54.4 cm³/mol. The van der Waals surface area contributed by atoms with E-state index in [9.17, 15) is 8.42 Å². The molecule has 0 saturated carbocycles. The molecule has 78 valence electrons. The van der Waals surface area contributed by atoms with Crippen LogP contribution in [0.25, 0.3) is 0 Å². The highest BCUT2D eigenvalue weighted by atomic mass is 32.2. The summed E-state index contributed by atoms with van der Waals surface area (Å²) in [7, 11) is -3.14. The number of sulfone groups is 1. The van der Waals surface area contributed by atoms with E-state index in [4.69, 9.17) is 5.84 Å². The highest BCUT2D eigenvalue weighted by Crippen LogP contribution is 2.17. The molecule has 4 nitrogen and oxygen atoms in total. The van der Waals surface area contributed by atoms with Gasteiger partial charge in [0.25, 0.3) is 0 Å². The first-order chi connectivity index (χ1) is 5.96. The first-order valence-electron chi connectivity index (χ1n) is 4.35. The van der Waals surface area contributed by atoms with Crippen LogP contribution in [0.4, 0.5) is 0 Å². The molecule has 0 fully saturated rings. The fourth-order valence-corrected chi connectivity index (χ4v) is 2.27. The Morgan fingerprint density at radius 2 is 2.08 bits per heavy atom. The highest BCUT2D eigenvalue weighted by Gasteiger charge is 2.20. The Morgan fingerprint density at radius 3 is 2.38 bits per heavy atom. The molecule has 0 amide bonds. The van der Waals surface area contributed by atoms with E-state index < -0.39 is 15.1 Å². The van der Waals surface area contributed by atoms with E-state index in [0.717, 1.165) is 6.42 Å². The number of allylic oxidation sites excluding steroid dienone is 1. The first kappa shape index (κ1) is 12.4. The maximum atomic E-state index is 11.6. The molecular formula is C8H18N2O2S. The Labute approximate surface area is 80.1 Å². The molecule has 0 spiro atoms. The van der Waals surface area contributed by atoms with Gasteiger partial charge in [-0.15, -0.1) is 0 Å². The van der Waals surface area contributed by atoms with Gasteiger partial charge in [0.15, 0.2) is 9.84 Å². The van der Waals surface area contributed by atoms with Crippen molar-refractivity contribution in [1.29, 1.82) is 0 Å². The molecule has 0 aromatic heterocycles. The number of nitrogens with two attached hydrogens (primary N) is 1. The number of nitrogens with one attached hydrogen (secondary N) is 1. The molecule has 0 bridgehead atoms. The summed E-state index contributed by atoms with van der Waals surface area (Å²) in [6, 6.07) is 0. The molecule has 0 unspecified atom stereocenters. The minimum absolute atomic E-state index is 0.382. The molecule has 0 aliphatic heterocycles. The maximum Gasteiger partial charge on any atom is 0.178 e. The van der Waals surface area contributed by atoms with Crippen molar-refractivity contribution in [3.63, 3.8) is 0 Å². The van der Waals surface area contributed by atoms with Gasteiger partial charge in [-0.2, -0.15) is 0 Å².